The minimum Gasteiger partial charge on any atom is -0.490 e. The first-order valence-electron chi connectivity index (χ1n) is 7.80. The summed E-state index contributed by atoms with van der Waals surface area (Å²) in [6.07, 6.45) is 5.83. The number of nitriles is 1. The fraction of sp³-hybridized carbons (Fsp3) is 0.263. The molecule has 0 aliphatic heterocycles. The molecule has 3 rings (SSSR count). The van der Waals surface area contributed by atoms with Gasteiger partial charge in [-0.05, 0) is 48.9 Å². The Morgan fingerprint density at radius 3 is 2.70 bits per heavy atom. The van der Waals surface area contributed by atoms with Crippen LogP contribution in [0.1, 0.15) is 29.7 Å². The minimum atomic E-state index is 0.329. The summed E-state index contributed by atoms with van der Waals surface area (Å²) in [5.41, 5.74) is 10.6. The second kappa shape index (κ2) is 6.53. The normalized spacial score (nSPS) is 13.0. The minimum absolute atomic E-state index is 0.329. The van der Waals surface area contributed by atoms with E-state index in [4.69, 9.17) is 10.5 Å². The number of pyridine rings is 1. The van der Waals surface area contributed by atoms with Crippen LogP contribution in [-0.4, -0.2) is 11.6 Å². The predicted octanol–water partition coefficient (Wildman–Crippen LogP) is 3.65. The third-order valence-corrected chi connectivity index (χ3v) is 4.12. The van der Waals surface area contributed by atoms with Crippen molar-refractivity contribution < 1.29 is 4.74 Å². The van der Waals surface area contributed by atoms with E-state index in [1.165, 1.54) is 5.56 Å². The van der Waals surface area contributed by atoms with Gasteiger partial charge < -0.3 is 10.5 Å². The van der Waals surface area contributed by atoms with E-state index >= 15 is 0 Å². The second-order valence-corrected chi connectivity index (χ2v) is 5.62. The van der Waals surface area contributed by atoms with E-state index in [9.17, 15) is 5.26 Å². The first-order valence-corrected chi connectivity index (χ1v) is 7.80. The largest absolute Gasteiger partial charge is 0.490 e. The Morgan fingerprint density at radius 1 is 1.26 bits per heavy atom. The van der Waals surface area contributed by atoms with Crippen molar-refractivity contribution in [3.8, 4) is 22.9 Å². The maximum absolute atomic E-state index is 9.53. The van der Waals surface area contributed by atoms with Crippen LogP contribution < -0.4 is 10.5 Å². The Bertz CT molecular complexity index is 773. The molecule has 4 nitrogen and oxygen atoms in total. The molecule has 1 aromatic heterocycles. The highest BCUT2D eigenvalue weighted by molar-refractivity contribution is 5.79. The lowest BCUT2D eigenvalue weighted by Crippen LogP contribution is -2.11. The lowest BCUT2D eigenvalue weighted by Gasteiger charge is -2.21. The molecule has 2 N–H and O–H groups in total. The van der Waals surface area contributed by atoms with Gasteiger partial charge in [-0.15, -0.1) is 0 Å². The van der Waals surface area contributed by atoms with E-state index in [-0.39, 0.29) is 0 Å². The molecule has 0 saturated carbocycles. The predicted molar refractivity (Wildman–Crippen MR) is 91.1 cm³/mol. The molecule has 0 bridgehead atoms. The zero-order valence-corrected chi connectivity index (χ0v) is 13.0. The molecule has 2 aromatic rings. The number of fused-ring (bicyclic) bond motifs is 1. The molecule has 0 unspecified atom stereocenters. The number of aryl methyl sites for hydroxylation is 1. The number of ether oxygens (including phenoxy) is 1. The van der Waals surface area contributed by atoms with Gasteiger partial charge in [-0.1, -0.05) is 24.8 Å². The summed E-state index contributed by atoms with van der Waals surface area (Å²) in [5.74, 6) is 1.11. The summed E-state index contributed by atoms with van der Waals surface area (Å²) in [6, 6.07) is 10.00. The standard InChI is InChI=1S/C19H19N3O/c1-2-11-23-14-9-7-13(8-10-14)18-15-5-3-4-6-17(15)22-19(21)16(18)12-20/h2,7-10H,1,3-6,11H2,(H2,21,22). The molecule has 116 valence electrons. The topological polar surface area (TPSA) is 71.9 Å². The smallest absolute Gasteiger partial charge is 0.142 e. The number of anilines is 1. The summed E-state index contributed by atoms with van der Waals surface area (Å²) in [5, 5.41) is 9.53. The molecule has 0 atom stereocenters. The van der Waals surface area contributed by atoms with Crippen molar-refractivity contribution in [1.82, 2.24) is 4.98 Å². The molecule has 0 radical (unpaired) electrons. The van der Waals surface area contributed by atoms with E-state index in [2.05, 4.69) is 17.6 Å². The van der Waals surface area contributed by atoms with Crippen molar-refractivity contribution >= 4 is 5.82 Å². The molecule has 0 amide bonds. The van der Waals surface area contributed by atoms with Crippen molar-refractivity contribution in [2.45, 2.75) is 25.7 Å². The molecule has 1 aromatic carbocycles. The van der Waals surface area contributed by atoms with E-state index in [0.29, 0.717) is 18.0 Å². The van der Waals surface area contributed by atoms with Gasteiger partial charge >= 0.3 is 0 Å². The monoisotopic (exact) mass is 305 g/mol. The van der Waals surface area contributed by atoms with Crippen molar-refractivity contribution in [1.29, 1.82) is 5.26 Å². The third kappa shape index (κ3) is 2.91. The Hall–Kier alpha value is -2.80. The number of benzene rings is 1. The average molecular weight is 305 g/mol. The summed E-state index contributed by atoms with van der Waals surface area (Å²) in [6.45, 7) is 4.11. The molecule has 1 aliphatic rings. The molecule has 1 aliphatic carbocycles. The van der Waals surface area contributed by atoms with Crippen molar-refractivity contribution in [2.75, 3.05) is 12.3 Å². The van der Waals surface area contributed by atoms with Gasteiger partial charge in [0.15, 0.2) is 0 Å². The number of rotatable bonds is 4. The quantitative estimate of drug-likeness (QED) is 0.875. The molecule has 0 fully saturated rings. The van der Waals surface area contributed by atoms with Crippen molar-refractivity contribution in [3.63, 3.8) is 0 Å². The fourth-order valence-corrected chi connectivity index (χ4v) is 3.07. The van der Waals surface area contributed by atoms with Crippen LogP contribution >= 0.6 is 0 Å². The molecule has 1 heterocycles. The van der Waals surface area contributed by atoms with Crippen LogP contribution in [-0.2, 0) is 12.8 Å². The number of hydrogen-bond acceptors (Lipinski definition) is 4. The van der Waals surface area contributed by atoms with Gasteiger partial charge in [0.25, 0.3) is 0 Å². The van der Waals surface area contributed by atoms with E-state index in [0.717, 1.165) is 48.3 Å². The fourth-order valence-electron chi connectivity index (χ4n) is 3.07. The first-order chi connectivity index (χ1) is 11.2. The van der Waals surface area contributed by atoms with Gasteiger partial charge in [0.1, 0.15) is 29.8 Å². The highest BCUT2D eigenvalue weighted by atomic mass is 16.5. The second-order valence-electron chi connectivity index (χ2n) is 5.62. The summed E-state index contributed by atoms with van der Waals surface area (Å²) in [4.78, 5) is 4.45. The number of nitrogen functional groups attached to an aromatic ring is 1. The molecule has 0 spiro atoms. The van der Waals surface area contributed by atoms with Gasteiger partial charge in [-0.3, -0.25) is 0 Å². The van der Waals surface area contributed by atoms with Crippen molar-refractivity contribution in [3.05, 3.63) is 53.7 Å². The Balaban J connectivity index is 2.09. The number of hydrogen-bond donors (Lipinski definition) is 1. The molecule has 4 heteroatoms. The van der Waals surface area contributed by atoms with Crippen molar-refractivity contribution in [2.24, 2.45) is 0 Å². The van der Waals surface area contributed by atoms with Gasteiger partial charge in [0.05, 0.1) is 0 Å². The molecule has 0 saturated heterocycles. The SMILES string of the molecule is C=CCOc1ccc(-c2c(C#N)c(N)nc3c2CCCC3)cc1. The maximum Gasteiger partial charge on any atom is 0.142 e. The Labute approximate surface area is 136 Å². The number of nitrogens with zero attached hydrogens (tertiary/aromatic N) is 2. The Morgan fingerprint density at radius 2 is 2.00 bits per heavy atom. The van der Waals surface area contributed by atoms with Gasteiger partial charge in [0.2, 0.25) is 0 Å². The molecule has 23 heavy (non-hydrogen) atoms. The maximum atomic E-state index is 9.53. The molecular formula is C19H19N3O. The molecular weight excluding hydrogens is 286 g/mol. The van der Waals surface area contributed by atoms with Crippen LogP contribution in [0.5, 0.6) is 5.75 Å². The van der Waals surface area contributed by atoms with Crippen LogP contribution in [0.4, 0.5) is 5.82 Å². The van der Waals surface area contributed by atoms with Crippen LogP contribution in [0, 0.1) is 11.3 Å². The van der Waals surface area contributed by atoms with Gasteiger partial charge in [0, 0.05) is 11.3 Å². The van der Waals surface area contributed by atoms with Crippen LogP contribution in [0.25, 0.3) is 11.1 Å². The third-order valence-electron chi connectivity index (χ3n) is 4.12. The Kier molecular flexibility index (Phi) is 4.29. The van der Waals surface area contributed by atoms with Crippen LogP contribution in [0.15, 0.2) is 36.9 Å². The van der Waals surface area contributed by atoms with E-state index < -0.39 is 0 Å². The summed E-state index contributed by atoms with van der Waals surface area (Å²) < 4.78 is 5.52. The first kappa shape index (κ1) is 15.1. The zero-order valence-electron chi connectivity index (χ0n) is 13.0. The van der Waals surface area contributed by atoms with Crippen LogP contribution in [0.3, 0.4) is 0 Å². The highest BCUT2D eigenvalue weighted by Gasteiger charge is 2.21. The zero-order chi connectivity index (χ0) is 16.2. The summed E-state index contributed by atoms with van der Waals surface area (Å²) >= 11 is 0. The van der Waals surface area contributed by atoms with Gasteiger partial charge in [-0.2, -0.15) is 5.26 Å². The number of nitrogens with two attached hydrogens (primary N) is 1. The van der Waals surface area contributed by atoms with Gasteiger partial charge in [-0.25, -0.2) is 4.98 Å². The number of aromatic nitrogens is 1. The van der Waals surface area contributed by atoms with E-state index in [1.54, 1.807) is 6.08 Å². The highest BCUT2D eigenvalue weighted by Crippen LogP contribution is 2.36. The lowest BCUT2D eigenvalue weighted by atomic mass is 9.86. The average Bonchev–Trinajstić information content (AvgIpc) is 2.59. The summed E-state index contributed by atoms with van der Waals surface area (Å²) in [7, 11) is 0. The van der Waals surface area contributed by atoms with Crippen LogP contribution in [0.2, 0.25) is 0 Å². The lowest BCUT2D eigenvalue weighted by molar-refractivity contribution is 0.363. The van der Waals surface area contributed by atoms with E-state index in [1.807, 2.05) is 24.3 Å².